The number of anilines is 1. The molecule has 4 unspecified atom stereocenters. The summed E-state index contributed by atoms with van der Waals surface area (Å²) in [5.41, 5.74) is 2.89. The minimum Gasteiger partial charge on any atom is -0.356 e. The van der Waals surface area contributed by atoms with Gasteiger partial charge in [-0.3, -0.25) is 0 Å². The van der Waals surface area contributed by atoms with Gasteiger partial charge in [0, 0.05) is 17.6 Å². The Labute approximate surface area is 102 Å². The Morgan fingerprint density at radius 1 is 1.24 bits per heavy atom. The lowest BCUT2D eigenvalue weighted by Gasteiger charge is -2.30. The first-order valence-corrected chi connectivity index (χ1v) is 6.37. The van der Waals surface area contributed by atoms with Crippen molar-refractivity contribution in [3.05, 3.63) is 42.0 Å². The normalized spacial score (nSPS) is 35.8. The van der Waals surface area contributed by atoms with E-state index >= 15 is 0 Å². The van der Waals surface area contributed by atoms with Crippen LogP contribution in [0.2, 0.25) is 0 Å². The van der Waals surface area contributed by atoms with Crippen molar-refractivity contribution in [2.75, 3.05) is 11.4 Å². The van der Waals surface area contributed by atoms with Crippen molar-refractivity contribution in [2.45, 2.75) is 18.4 Å². The maximum Gasteiger partial charge on any atom is 0.0795 e. The lowest BCUT2D eigenvalue weighted by molar-refractivity contribution is 0.509. The molecule has 1 nitrogen and oxygen atoms in total. The number of fused-ring (bicyclic) bond motifs is 7. The molecule has 84 valence electrons. The van der Waals surface area contributed by atoms with Gasteiger partial charge in [0.15, 0.2) is 0 Å². The molecule has 0 N–H and O–H groups in total. The molecule has 1 aromatic carbocycles. The molecular weight excluding hydrogens is 206 g/mol. The number of allylic oxidation sites excluding steroid dienone is 1. The van der Waals surface area contributed by atoms with Crippen LogP contribution in [-0.4, -0.2) is 12.6 Å². The Hall–Kier alpha value is -1.68. The summed E-state index contributed by atoms with van der Waals surface area (Å²) in [7, 11) is 0. The number of hydrogen-bond donors (Lipinski definition) is 0. The molecule has 1 saturated carbocycles. The Kier molecular flexibility index (Phi) is 1.74. The average Bonchev–Trinajstić information content (AvgIpc) is 3.02. The van der Waals surface area contributed by atoms with Crippen LogP contribution in [0.4, 0.5) is 5.69 Å². The number of nitrogens with zero attached hydrogens (tertiary/aromatic N) is 1. The van der Waals surface area contributed by atoms with Crippen LogP contribution in [0.1, 0.15) is 17.9 Å². The molecule has 2 bridgehead atoms. The Morgan fingerprint density at radius 2 is 2.06 bits per heavy atom. The molecule has 4 atom stereocenters. The molecule has 17 heavy (non-hydrogen) atoms. The quantitative estimate of drug-likeness (QED) is 0.520. The Balaban J connectivity index is 1.87. The van der Waals surface area contributed by atoms with Gasteiger partial charge in [-0.15, -0.1) is 6.42 Å². The third-order valence-corrected chi connectivity index (χ3v) is 4.64. The third kappa shape index (κ3) is 1.06. The molecule has 1 heterocycles. The van der Waals surface area contributed by atoms with Gasteiger partial charge in [-0.2, -0.15) is 0 Å². The van der Waals surface area contributed by atoms with E-state index in [1.807, 2.05) is 0 Å². The topological polar surface area (TPSA) is 3.24 Å². The first kappa shape index (κ1) is 9.36. The predicted molar refractivity (Wildman–Crippen MR) is 69.9 cm³/mol. The summed E-state index contributed by atoms with van der Waals surface area (Å²) in [4.78, 5) is 2.45. The summed E-state index contributed by atoms with van der Waals surface area (Å²) in [6.45, 7) is 0.745. The van der Waals surface area contributed by atoms with Crippen LogP contribution in [0.15, 0.2) is 36.4 Å². The van der Waals surface area contributed by atoms with Crippen LogP contribution < -0.4 is 4.90 Å². The van der Waals surface area contributed by atoms with Crippen LogP contribution in [-0.2, 0) is 0 Å². The highest BCUT2D eigenvalue weighted by atomic mass is 15.2. The minimum absolute atomic E-state index is 0.624. The van der Waals surface area contributed by atoms with Gasteiger partial charge in [0.1, 0.15) is 0 Å². The van der Waals surface area contributed by atoms with E-state index in [4.69, 9.17) is 6.42 Å². The van der Waals surface area contributed by atoms with Gasteiger partial charge < -0.3 is 4.90 Å². The summed E-state index contributed by atoms with van der Waals surface area (Å²) in [5, 5.41) is 0. The van der Waals surface area contributed by atoms with Gasteiger partial charge in [0.2, 0.25) is 0 Å². The number of hydrogen-bond acceptors (Lipinski definition) is 1. The van der Waals surface area contributed by atoms with E-state index in [0.717, 1.165) is 12.5 Å². The molecule has 0 amide bonds. The lowest BCUT2D eigenvalue weighted by atomic mass is 9.86. The maximum absolute atomic E-state index is 5.54. The molecule has 1 fully saturated rings. The molecule has 1 heteroatoms. The van der Waals surface area contributed by atoms with Gasteiger partial charge in [-0.05, 0) is 29.9 Å². The monoisotopic (exact) mass is 221 g/mol. The zero-order valence-electron chi connectivity index (χ0n) is 9.71. The number of benzene rings is 1. The molecule has 0 aromatic heterocycles. The molecule has 2 aliphatic carbocycles. The highest BCUT2D eigenvalue weighted by Crippen LogP contribution is 2.57. The molecule has 3 aliphatic rings. The SMILES string of the molecule is C#CCN1c2ccccc2C2C3C=CC(C3)C21. The predicted octanol–water partition coefficient (Wildman–Crippen LogP) is 2.80. The Morgan fingerprint density at radius 3 is 2.94 bits per heavy atom. The highest BCUT2D eigenvalue weighted by molar-refractivity contribution is 5.65. The van der Waals surface area contributed by atoms with Crippen LogP contribution in [0.5, 0.6) is 0 Å². The van der Waals surface area contributed by atoms with Crippen molar-refractivity contribution in [1.29, 1.82) is 0 Å². The van der Waals surface area contributed by atoms with Crippen molar-refractivity contribution in [1.82, 2.24) is 0 Å². The molecule has 1 aliphatic heterocycles. The second kappa shape index (κ2) is 3.17. The summed E-state index contributed by atoms with van der Waals surface area (Å²) >= 11 is 0. The van der Waals surface area contributed by atoms with E-state index in [9.17, 15) is 0 Å². The third-order valence-electron chi connectivity index (χ3n) is 4.64. The molecule has 0 spiro atoms. The molecule has 4 rings (SSSR count). The van der Waals surface area contributed by atoms with E-state index in [0.29, 0.717) is 17.9 Å². The van der Waals surface area contributed by atoms with Crippen molar-refractivity contribution >= 4 is 5.69 Å². The van der Waals surface area contributed by atoms with E-state index in [-0.39, 0.29) is 0 Å². The lowest BCUT2D eigenvalue weighted by Crippen LogP contribution is -2.37. The second-order valence-electron chi connectivity index (χ2n) is 5.36. The molecule has 0 radical (unpaired) electrons. The summed E-state index contributed by atoms with van der Waals surface area (Å²) in [5.74, 6) is 4.97. The van der Waals surface area contributed by atoms with Gasteiger partial charge in [0.05, 0.1) is 6.54 Å². The first-order chi connectivity index (χ1) is 8.40. The molecular formula is C16H15N. The fraction of sp³-hybridized carbons (Fsp3) is 0.375. The van der Waals surface area contributed by atoms with Crippen molar-refractivity contribution < 1.29 is 0 Å². The van der Waals surface area contributed by atoms with Crippen LogP contribution in [0, 0.1) is 24.2 Å². The van der Waals surface area contributed by atoms with Crippen LogP contribution >= 0.6 is 0 Å². The highest BCUT2D eigenvalue weighted by Gasteiger charge is 2.52. The molecule has 0 saturated heterocycles. The maximum atomic E-state index is 5.54. The zero-order valence-corrected chi connectivity index (χ0v) is 9.71. The Bertz CT molecular complexity index is 537. The first-order valence-electron chi connectivity index (χ1n) is 6.37. The number of para-hydroxylation sites is 1. The average molecular weight is 221 g/mol. The summed E-state index contributed by atoms with van der Waals surface area (Å²) < 4.78 is 0. The zero-order chi connectivity index (χ0) is 11.4. The van der Waals surface area contributed by atoms with Crippen molar-refractivity contribution in [2.24, 2.45) is 11.8 Å². The van der Waals surface area contributed by atoms with E-state index in [1.54, 1.807) is 0 Å². The van der Waals surface area contributed by atoms with Crippen molar-refractivity contribution in [3.8, 4) is 12.3 Å². The fourth-order valence-corrected chi connectivity index (χ4v) is 4.12. The number of rotatable bonds is 1. The number of terminal acetylenes is 1. The second-order valence-corrected chi connectivity index (χ2v) is 5.36. The van der Waals surface area contributed by atoms with Crippen LogP contribution in [0.25, 0.3) is 0 Å². The van der Waals surface area contributed by atoms with Crippen molar-refractivity contribution in [3.63, 3.8) is 0 Å². The largest absolute Gasteiger partial charge is 0.356 e. The van der Waals surface area contributed by atoms with E-state index in [2.05, 4.69) is 47.2 Å². The van der Waals surface area contributed by atoms with E-state index < -0.39 is 0 Å². The van der Waals surface area contributed by atoms with Gasteiger partial charge >= 0.3 is 0 Å². The van der Waals surface area contributed by atoms with Gasteiger partial charge in [-0.25, -0.2) is 0 Å². The minimum atomic E-state index is 0.624. The standard InChI is InChI=1S/C16H15N/c1-2-9-17-14-6-4-3-5-13(14)15-11-7-8-12(10-11)16(15)17/h1,3-8,11-12,15-16H,9-10H2. The summed E-state index contributed by atoms with van der Waals surface area (Å²) in [6, 6.07) is 9.42. The smallest absolute Gasteiger partial charge is 0.0795 e. The fourth-order valence-electron chi connectivity index (χ4n) is 4.12. The van der Waals surface area contributed by atoms with Gasteiger partial charge in [-0.1, -0.05) is 36.3 Å². The molecule has 1 aromatic rings. The van der Waals surface area contributed by atoms with Gasteiger partial charge in [0.25, 0.3) is 0 Å². The van der Waals surface area contributed by atoms with Crippen LogP contribution in [0.3, 0.4) is 0 Å². The van der Waals surface area contributed by atoms with E-state index in [1.165, 1.54) is 17.7 Å². The summed E-state index contributed by atoms with van der Waals surface area (Å²) in [6.07, 6.45) is 11.7.